The van der Waals surface area contributed by atoms with Gasteiger partial charge in [-0.1, -0.05) is 0 Å². The van der Waals surface area contributed by atoms with Gasteiger partial charge in [-0.15, -0.1) is 0 Å². The molecular weight excluding hydrogens is 534 g/mol. The van der Waals surface area contributed by atoms with Crippen LogP contribution in [-0.2, 0) is 0 Å². The average molecular weight is 565 g/mol. The van der Waals surface area contributed by atoms with Crippen LogP contribution in [0.2, 0.25) is 0 Å². The van der Waals surface area contributed by atoms with Crippen molar-refractivity contribution in [3.8, 4) is 17.0 Å². The molecule has 2 aromatic heterocycles. The van der Waals surface area contributed by atoms with Gasteiger partial charge in [-0.25, -0.2) is 19.2 Å². The number of hydrogen-bond donors (Lipinski definition) is 4. The average Bonchev–Trinajstić information content (AvgIpc) is 3.42. The van der Waals surface area contributed by atoms with Crippen LogP contribution < -0.4 is 26.0 Å². The molecule has 1 saturated heterocycles. The first kappa shape index (κ1) is 27.8. The van der Waals surface area contributed by atoms with Crippen LogP contribution in [-0.4, -0.2) is 77.6 Å². The van der Waals surface area contributed by atoms with E-state index < -0.39 is 11.6 Å². The smallest absolute Gasteiger partial charge is 0.317 e. The Labute approximate surface area is 234 Å². The normalized spacial score (nSPS) is 13.2. The number of amides is 3. The van der Waals surface area contributed by atoms with Crippen LogP contribution in [0.25, 0.3) is 16.9 Å². The summed E-state index contributed by atoms with van der Waals surface area (Å²) < 4.78 is 35.6. The summed E-state index contributed by atoms with van der Waals surface area (Å²) in [5.41, 5.74) is 2.66. The SMILES string of the molecule is COc1ccc(-c2cnc3c(Nc4ccc(C(=O)NCCNC(=O)N5CCNCC5)c(C)c4)nccn23)c(F)c1F. The predicted molar refractivity (Wildman–Crippen MR) is 150 cm³/mol. The summed E-state index contributed by atoms with van der Waals surface area (Å²) in [5, 5.41) is 12.0. The van der Waals surface area contributed by atoms with E-state index in [4.69, 9.17) is 4.74 Å². The summed E-state index contributed by atoms with van der Waals surface area (Å²) in [5.74, 6) is -2.16. The molecule has 13 heteroatoms. The number of fused-ring (bicyclic) bond motifs is 1. The maximum Gasteiger partial charge on any atom is 0.317 e. The Morgan fingerprint density at radius 2 is 1.83 bits per heavy atom. The van der Waals surface area contributed by atoms with E-state index >= 15 is 0 Å². The summed E-state index contributed by atoms with van der Waals surface area (Å²) in [7, 11) is 1.27. The van der Waals surface area contributed by atoms with Crippen LogP contribution in [0.1, 0.15) is 15.9 Å². The second-order valence-electron chi connectivity index (χ2n) is 9.44. The molecule has 1 fully saturated rings. The lowest BCUT2D eigenvalue weighted by atomic mass is 10.1. The maximum absolute atomic E-state index is 14.8. The third kappa shape index (κ3) is 5.89. The number of imidazole rings is 1. The number of hydrogen-bond acceptors (Lipinski definition) is 7. The second kappa shape index (κ2) is 12.2. The van der Waals surface area contributed by atoms with Crippen molar-refractivity contribution in [2.75, 3.05) is 51.7 Å². The lowest BCUT2D eigenvalue weighted by molar-refractivity contribution is 0.0953. The van der Waals surface area contributed by atoms with Crippen LogP contribution in [0.3, 0.4) is 0 Å². The Hall–Kier alpha value is -4.78. The molecule has 1 aliphatic heterocycles. The van der Waals surface area contributed by atoms with Crippen LogP contribution in [0, 0.1) is 18.6 Å². The van der Waals surface area contributed by atoms with Crippen LogP contribution >= 0.6 is 0 Å². The largest absolute Gasteiger partial charge is 0.494 e. The van der Waals surface area contributed by atoms with Crippen molar-refractivity contribution >= 4 is 29.1 Å². The first-order valence-corrected chi connectivity index (χ1v) is 13.1. The van der Waals surface area contributed by atoms with Crippen LogP contribution in [0.15, 0.2) is 48.9 Å². The maximum atomic E-state index is 14.8. The van der Waals surface area contributed by atoms with E-state index in [-0.39, 0.29) is 23.3 Å². The number of aromatic nitrogens is 3. The first-order valence-electron chi connectivity index (χ1n) is 13.1. The van der Waals surface area contributed by atoms with E-state index in [9.17, 15) is 18.4 Å². The molecule has 5 rings (SSSR count). The Kier molecular flexibility index (Phi) is 8.24. The number of carbonyl (C=O) groups excluding carboxylic acids is 2. The van der Waals surface area contributed by atoms with Gasteiger partial charge in [0.25, 0.3) is 5.91 Å². The highest BCUT2D eigenvalue weighted by Crippen LogP contribution is 2.31. The minimum atomic E-state index is -1.08. The van der Waals surface area contributed by atoms with Crippen molar-refractivity contribution in [1.82, 2.24) is 35.2 Å². The zero-order chi connectivity index (χ0) is 28.9. The Morgan fingerprint density at radius 3 is 2.59 bits per heavy atom. The number of benzene rings is 2. The van der Waals surface area contributed by atoms with Gasteiger partial charge in [0.2, 0.25) is 5.82 Å². The summed E-state index contributed by atoms with van der Waals surface area (Å²) in [6.45, 7) is 5.29. The molecule has 214 valence electrons. The lowest BCUT2D eigenvalue weighted by Crippen LogP contribution is -2.51. The fraction of sp³-hybridized carbons (Fsp3) is 0.286. The zero-order valence-electron chi connectivity index (χ0n) is 22.6. The number of nitrogens with zero attached hydrogens (tertiary/aromatic N) is 4. The molecule has 1 aliphatic rings. The van der Waals surface area contributed by atoms with E-state index in [1.807, 2.05) is 6.92 Å². The van der Waals surface area contributed by atoms with E-state index in [0.29, 0.717) is 54.6 Å². The van der Waals surface area contributed by atoms with Gasteiger partial charge < -0.3 is 30.9 Å². The summed E-state index contributed by atoms with van der Waals surface area (Å²) >= 11 is 0. The number of nitrogens with one attached hydrogen (secondary N) is 4. The molecule has 0 atom stereocenters. The van der Waals surface area contributed by atoms with Gasteiger partial charge in [0, 0.05) is 68.5 Å². The third-order valence-electron chi connectivity index (χ3n) is 6.80. The molecule has 0 unspecified atom stereocenters. The fourth-order valence-electron chi connectivity index (χ4n) is 4.65. The van der Waals surface area contributed by atoms with Gasteiger partial charge in [-0.3, -0.25) is 9.20 Å². The Bertz CT molecular complexity index is 1590. The summed E-state index contributed by atoms with van der Waals surface area (Å²) in [4.78, 5) is 35.4. The molecule has 0 aliphatic carbocycles. The summed E-state index contributed by atoms with van der Waals surface area (Å²) in [6, 6.07) is 7.89. The van der Waals surface area contributed by atoms with Gasteiger partial charge >= 0.3 is 6.03 Å². The molecule has 0 saturated carbocycles. The molecule has 3 amide bonds. The molecule has 4 aromatic rings. The highest BCUT2D eigenvalue weighted by atomic mass is 19.2. The lowest BCUT2D eigenvalue weighted by Gasteiger charge is -2.27. The molecule has 0 radical (unpaired) electrons. The molecule has 3 heterocycles. The van der Waals surface area contributed by atoms with Crippen molar-refractivity contribution in [3.05, 3.63) is 71.7 Å². The quantitative estimate of drug-likeness (QED) is 0.243. The molecule has 11 nitrogen and oxygen atoms in total. The van der Waals surface area contributed by atoms with Crippen molar-refractivity contribution in [1.29, 1.82) is 0 Å². The van der Waals surface area contributed by atoms with Crippen molar-refractivity contribution in [3.63, 3.8) is 0 Å². The van der Waals surface area contributed by atoms with Gasteiger partial charge in [0.05, 0.1) is 19.0 Å². The first-order chi connectivity index (χ1) is 19.9. The highest BCUT2D eigenvalue weighted by Gasteiger charge is 2.20. The number of carbonyl (C=O) groups is 2. The fourth-order valence-corrected chi connectivity index (χ4v) is 4.65. The van der Waals surface area contributed by atoms with Gasteiger partial charge in [-0.2, -0.15) is 4.39 Å². The monoisotopic (exact) mass is 564 g/mol. The van der Waals surface area contributed by atoms with Crippen molar-refractivity contribution < 1.29 is 23.1 Å². The summed E-state index contributed by atoms with van der Waals surface area (Å²) in [6.07, 6.45) is 4.57. The Morgan fingerprint density at radius 1 is 1.05 bits per heavy atom. The number of urea groups is 1. The van der Waals surface area contributed by atoms with E-state index in [1.54, 1.807) is 33.7 Å². The topological polar surface area (TPSA) is 125 Å². The number of methoxy groups -OCH3 is 1. The second-order valence-corrected chi connectivity index (χ2v) is 9.44. The predicted octanol–water partition coefficient (Wildman–Crippen LogP) is 3.08. The number of halogens is 2. The number of aryl methyl sites for hydroxylation is 1. The molecule has 0 bridgehead atoms. The van der Waals surface area contributed by atoms with E-state index in [1.165, 1.54) is 31.6 Å². The minimum absolute atomic E-state index is 0.0301. The molecule has 0 spiro atoms. The standard InChI is InChI=1S/C28H30F2N8O3/c1-17-15-18(3-4-19(17)27(39)33-7-8-34-28(40)37-12-9-31-10-13-37)36-25-26-35-16-21(38(26)14-11-32-25)20-5-6-22(41-2)24(30)23(20)29/h3-6,11,14-16,31H,7-10,12-13H2,1-2H3,(H,32,36)(H,33,39)(H,34,40). The van der Waals surface area contributed by atoms with E-state index in [0.717, 1.165) is 18.7 Å². The number of anilines is 2. The highest BCUT2D eigenvalue weighted by molar-refractivity contribution is 5.96. The van der Waals surface area contributed by atoms with Gasteiger partial charge in [0.15, 0.2) is 23.0 Å². The Balaban J connectivity index is 1.24. The van der Waals surface area contributed by atoms with Crippen molar-refractivity contribution in [2.24, 2.45) is 0 Å². The van der Waals surface area contributed by atoms with E-state index in [2.05, 4.69) is 31.2 Å². The number of piperazine rings is 1. The number of rotatable bonds is 8. The van der Waals surface area contributed by atoms with Gasteiger partial charge in [0.1, 0.15) is 0 Å². The number of ether oxygens (including phenoxy) is 1. The molecular formula is C28H30F2N8O3. The molecule has 41 heavy (non-hydrogen) atoms. The minimum Gasteiger partial charge on any atom is -0.494 e. The molecule has 2 aromatic carbocycles. The van der Waals surface area contributed by atoms with Gasteiger partial charge in [-0.05, 0) is 42.8 Å². The van der Waals surface area contributed by atoms with Crippen molar-refractivity contribution in [2.45, 2.75) is 6.92 Å². The zero-order valence-corrected chi connectivity index (χ0v) is 22.6. The van der Waals surface area contributed by atoms with Crippen LogP contribution in [0.4, 0.5) is 25.1 Å². The van der Waals surface area contributed by atoms with Crippen LogP contribution in [0.5, 0.6) is 5.75 Å². The third-order valence-corrected chi connectivity index (χ3v) is 6.80. The molecule has 4 N–H and O–H groups in total.